The molecule has 0 radical (unpaired) electrons. The molecule has 0 saturated carbocycles. The van der Waals surface area contributed by atoms with Crippen LogP contribution in [0.1, 0.15) is 38.1 Å². The van der Waals surface area contributed by atoms with Crippen LogP contribution in [0.25, 0.3) is 10.6 Å². The molecule has 0 bridgehead atoms. The normalized spacial score (nSPS) is 11.7. The topological polar surface area (TPSA) is 60.5 Å². The molecule has 1 atom stereocenters. The molecule has 7 heteroatoms. The minimum atomic E-state index is -0.172. The molecule has 0 saturated heterocycles. The van der Waals surface area contributed by atoms with Gasteiger partial charge in [0.15, 0.2) is 11.5 Å². The summed E-state index contributed by atoms with van der Waals surface area (Å²) in [6.45, 7) is 6.91. The summed E-state index contributed by atoms with van der Waals surface area (Å²) in [5, 5.41) is 6.38. The van der Waals surface area contributed by atoms with Gasteiger partial charge in [0.1, 0.15) is 5.01 Å². The lowest BCUT2D eigenvalue weighted by Crippen LogP contribution is -2.28. The van der Waals surface area contributed by atoms with Gasteiger partial charge in [-0.2, -0.15) is 0 Å². The summed E-state index contributed by atoms with van der Waals surface area (Å²) in [5.74, 6) is 1.29. The van der Waals surface area contributed by atoms with Crippen LogP contribution < -0.4 is 14.8 Å². The monoisotopic (exact) mass is 444 g/mol. The molecule has 158 valence electrons. The van der Waals surface area contributed by atoms with Crippen molar-refractivity contribution in [1.82, 2.24) is 10.3 Å². The molecule has 1 N–H and O–H groups in total. The fraction of sp³-hybridized carbons (Fsp3) is 0.304. The van der Waals surface area contributed by atoms with E-state index in [1.807, 2.05) is 68.6 Å². The second kappa shape index (κ2) is 10.5. The number of carbonyl (C=O) groups excluding carboxylic acids is 1. The Labute approximate surface area is 186 Å². The molecule has 1 heterocycles. The van der Waals surface area contributed by atoms with Crippen LogP contribution in [0.2, 0.25) is 5.02 Å². The van der Waals surface area contributed by atoms with Crippen LogP contribution in [0.15, 0.2) is 47.8 Å². The molecule has 2 aromatic carbocycles. The Morgan fingerprint density at radius 2 is 1.87 bits per heavy atom. The smallest absolute Gasteiger partial charge is 0.226 e. The number of ether oxygens (including phenoxy) is 2. The first-order valence-electron chi connectivity index (χ1n) is 9.90. The van der Waals surface area contributed by atoms with Gasteiger partial charge in [-0.05, 0) is 44.5 Å². The molecular formula is C23H25ClN2O3S. The van der Waals surface area contributed by atoms with Gasteiger partial charge in [0, 0.05) is 10.9 Å². The average Bonchev–Trinajstić information content (AvgIpc) is 3.18. The number of halogens is 1. The van der Waals surface area contributed by atoms with E-state index in [0.29, 0.717) is 29.7 Å². The fourth-order valence-electron chi connectivity index (χ4n) is 3.02. The SMILES string of the molecule is CCOc1ccc(C(C)NC(=O)Cc2csc(-c3ccccc3Cl)n2)cc1OCC. The predicted octanol–water partition coefficient (Wildman–Crippen LogP) is 5.68. The van der Waals surface area contributed by atoms with Crippen molar-refractivity contribution in [3.8, 4) is 22.1 Å². The van der Waals surface area contributed by atoms with Crippen molar-refractivity contribution in [2.24, 2.45) is 0 Å². The van der Waals surface area contributed by atoms with Crippen molar-refractivity contribution in [1.29, 1.82) is 0 Å². The quantitative estimate of drug-likeness (QED) is 0.461. The predicted molar refractivity (Wildman–Crippen MR) is 122 cm³/mol. The number of rotatable bonds is 9. The van der Waals surface area contributed by atoms with Crippen LogP contribution in [0.3, 0.4) is 0 Å². The number of amides is 1. The minimum absolute atomic E-state index is 0.0923. The van der Waals surface area contributed by atoms with Crippen LogP contribution in [-0.2, 0) is 11.2 Å². The molecule has 3 rings (SSSR count). The molecule has 0 fully saturated rings. The van der Waals surface area contributed by atoms with E-state index in [4.69, 9.17) is 21.1 Å². The lowest BCUT2D eigenvalue weighted by atomic mass is 10.1. The van der Waals surface area contributed by atoms with Crippen molar-refractivity contribution < 1.29 is 14.3 Å². The van der Waals surface area contributed by atoms with Gasteiger partial charge in [-0.25, -0.2) is 4.98 Å². The van der Waals surface area contributed by atoms with Crippen LogP contribution in [-0.4, -0.2) is 24.1 Å². The number of thiazole rings is 1. The summed E-state index contributed by atoms with van der Waals surface area (Å²) in [7, 11) is 0. The zero-order chi connectivity index (χ0) is 21.5. The average molecular weight is 445 g/mol. The highest BCUT2D eigenvalue weighted by atomic mass is 35.5. The Balaban J connectivity index is 1.65. The molecule has 1 unspecified atom stereocenters. The summed E-state index contributed by atoms with van der Waals surface area (Å²) in [5.41, 5.74) is 2.55. The number of hydrogen-bond acceptors (Lipinski definition) is 5. The van der Waals surface area contributed by atoms with Crippen molar-refractivity contribution >= 4 is 28.8 Å². The lowest BCUT2D eigenvalue weighted by Gasteiger charge is -2.17. The molecule has 0 aliphatic rings. The van der Waals surface area contributed by atoms with E-state index in [-0.39, 0.29) is 18.4 Å². The molecular weight excluding hydrogens is 420 g/mol. The largest absolute Gasteiger partial charge is 0.490 e. The summed E-state index contributed by atoms with van der Waals surface area (Å²) in [6.07, 6.45) is 0.209. The van der Waals surface area contributed by atoms with Crippen LogP contribution in [0, 0.1) is 0 Å². The molecule has 1 aromatic heterocycles. The van der Waals surface area contributed by atoms with Crippen LogP contribution in [0.5, 0.6) is 11.5 Å². The maximum Gasteiger partial charge on any atom is 0.226 e. The summed E-state index contributed by atoms with van der Waals surface area (Å²) in [4.78, 5) is 17.1. The zero-order valence-electron chi connectivity index (χ0n) is 17.3. The highest BCUT2D eigenvalue weighted by molar-refractivity contribution is 7.13. The number of carbonyl (C=O) groups is 1. The van der Waals surface area contributed by atoms with Crippen LogP contribution >= 0.6 is 22.9 Å². The first-order chi connectivity index (χ1) is 14.5. The zero-order valence-corrected chi connectivity index (χ0v) is 18.8. The lowest BCUT2D eigenvalue weighted by molar-refractivity contribution is -0.121. The molecule has 5 nitrogen and oxygen atoms in total. The van der Waals surface area contributed by atoms with Gasteiger partial charge in [-0.15, -0.1) is 11.3 Å². The third-order valence-electron chi connectivity index (χ3n) is 4.44. The third-order valence-corrected chi connectivity index (χ3v) is 5.70. The molecule has 1 amide bonds. The van der Waals surface area contributed by atoms with E-state index in [2.05, 4.69) is 10.3 Å². The summed E-state index contributed by atoms with van der Waals surface area (Å²) in [6, 6.07) is 13.1. The number of benzene rings is 2. The maximum absolute atomic E-state index is 12.6. The van der Waals surface area contributed by atoms with Gasteiger partial charge in [-0.3, -0.25) is 4.79 Å². The number of nitrogens with one attached hydrogen (secondary N) is 1. The van der Waals surface area contributed by atoms with Crippen LogP contribution in [0.4, 0.5) is 0 Å². The van der Waals surface area contributed by atoms with Crippen molar-refractivity contribution in [2.45, 2.75) is 33.2 Å². The Morgan fingerprint density at radius 1 is 1.13 bits per heavy atom. The molecule has 0 spiro atoms. The van der Waals surface area contributed by atoms with Gasteiger partial charge < -0.3 is 14.8 Å². The molecule has 0 aliphatic heterocycles. The standard InChI is InChI=1S/C23H25ClN2O3S/c1-4-28-20-11-10-16(12-21(20)29-5-2)15(3)25-22(27)13-17-14-30-23(26-17)18-8-6-7-9-19(18)24/h6-12,14-15H,4-5,13H2,1-3H3,(H,25,27). The van der Waals surface area contributed by atoms with Gasteiger partial charge in [-0.1, -0.05) is 35.9 Å². The number of hydrogen-bond donors (Lipinski definition) is 1. The first kappa shape index (κ1) is 22.1. The van der Waals surface area contributed by atoms with Crippen molar-refractivity contribution in [2.75, 3.05) is 13.2 Å². The third kappa shape index (κ3) is 5.52. The summed E-state index contributed by atoms with van der Waals surface area (Å²) < 4.78 is 11.3. The van der Waals surface area contributed by atoms with Gasteiger partial charge >= 0.3 is 0 Å². The van der Waals surface area contributed by atoms with E-state index in [1.54, 1.807) is 0 Å². The van der Waals surface area contributed by atoms with Crippen molar-refractivity contribution in [3.05, 3.63) is 64.1 Å². The van der Waals surface area contributed by atoms with Gasteiger partial charge in [0.25, 0.3) is 0 Å². The van der Waals surface area contributed by atoms with Gasteiger partial charge in [0.05, 0.1) is 36.4 Å². The number of aromatic nitrogens is 1. The first-order valence-corrected chi connectivity index (χ1v) is 11.2. The van der Waals surface area contributed by atoms with E-state index < -0.39 is 0 Å². The Hall–Kier alpha value is -2.57. The van der Waals surface area contributed by atoms with Gasteiger partial charge in [0.2, 0.25) is 5.91 Å². The summed E-state index contributed by atoms with van der Waals surface area (Å²) >= 11 is 7.73. The second-order valence-corrected chi connectivity index (χ2v) is 7.93. The fourth-order valence-corrected chi connectivity index (χ4v) is 4.16. The van der Waals surface area contributed by atoms with E-state index in [0.717, 1.165) is 21.8 Å². The highest BCUT2D eigenvalue weighted by Crippen LogP contribution is 2.31. The molecule has 0 aliphatic carbocycles. The second-order valence-electron chi connectivity index (χ2n) is 6.66. The number of nitrogens with zero attached hydrogens (tertiary/aromatic N) is 1. The van der Waals surface area contributed by atoms with Crippen molar-refractivity contribution in [3.63, 3.8) is 0 Å². The Morgan fingerprint density at radius 3 is 2.60 bits per heavy atom. The van der Waals surface area contributed by atoms with E-state index >= 15 is 0 Å². The molecule has 3 aromatic rings. The van der Waals surface area contributed by atoms with E-state index in [1.165, 1.54) is 11.3 Å². The van der Waals surface area contributed by atoms with E-state index in [9.17, 15) is 4.79 Å². The minimum Gasteiger partial charge on any atom is -0.490 e. The Kier molecular flexibility index (Phi) is 7.71. The maximum atomic E-state index is 12.6. The molecule has 30 heavy (non-hydrogen) atoms. The Bertz CT molecular complexity index is 1010. The highest BCUT2D eigenvalue weighted by Gasteiger charge is 2.15.